The van der Waals surface area contributed by atoms with E-state index in [-0.39, 0.29) is 19.8 Å². The molecule has 4 aromatic carbocycles. The standard InChI is InChI=1S/C21H21ClFN3O3S2.C21H21ClFN3O2S2/c1-29-18-5-2-15(3-6-18)12-17-14-30-21(24-17)25-8-10-26(11-9-25)31(27,28)20-7-4-16(23)13-19(20)22;1-15-2-4-16(5-3-15)12-18-14-29-21(24-18)25-8-10-26(11-9-25)30(27,28)20-7-6-17(23)13-19(20)22/h2-7,13-14H,8-12H2,1H3;2-7,13-14H,8-12H2,1H3. The minimum atomic E-state index is -3.78. The molecule has 4 heterocycles. The number of hydrogen-bond acceptors (Lipinski definition) is 11. The number of nitrogens with zero attached hydrogens (tertiary/aromatic N) is 6. The van der Waals surface area contributed by atoms with E-state index in [1.54, 1.807) is 29.8 Å². The molecule has 6 aromatic rings. The molecule has 8 rings (SSSR count). The van der Waals surface area contributed by atoms with Gasteiger partial charge in [-0.05, 0) is 66.6 Å². The summed E-state index contributed by atoms with van der Waals surface area (Å²) in [6.07, 6.45) is 1.49. The molecule has 2 aliphatic heterocycles. The zero-order valence-electron chi connectivity index (χ0n) is 33.2. The van der Waals surface area contributed by atoms with Crippen LogP contribution in [0.15, 0.2) is 105 Å². The summed E-state index contributed by atoms with van der Waals surface area (Å²) in [5, 5.41) is 5.65. The fraction of sp³-hybridized carbons (Fsp3) is 0.286. The maximum absolute atomic E-state index is 13.3. The van der Waals surface area contributed by atoms with Crippen LogP contribution >= 0.6 is 45.9 Å². The molecule has 2 saturated heterocycles. The Hall–Kier alpha value is -4.20. The molecule has 0 saturated carbocycles. The van der Waals surface area contributed by atoms with Crippen molar-refractivity contribution < 1.29 is 30.4 Å². The van der Waals surface area contributed by atoms with Gasteiger partial charge in [-0.25, -0.2) is 35.6 Å². The van der Waals surface area contributed by atoms with E-state index in [0.717, 1.165) is 70.1 Å². The Morgan fingerprint density at radius 1 is 0.607 bits per heavy atom. The van der Waals surface area contributed by atoms with Crippen molar-refractivity contribution in [1.82, 2.24) is 18.6 Å². The number of anilines is 2. The fourth-order valence-corrected chi connectivity index (χ4v) is 12.4. The lowest BCUT2D eigenvalue weighted by Gasteiger charge is -2.33. The molecule has 322 valence electrons. The van der Waals surface area contributed by atoms with Gasteiger partial charge in [0.05, 0.1) is 28.5 Å². The van der Waals surface area contributed by atoms with Gasteiger partial charge in [0.1, 0.15) is 27.2 Å². The van der Waals surface area contributed by atoms with E-state index >= 15 is 0 Å². The molecule has 19 heteroatoms. The van der Waals surface area contributed by atoms with E-state index in [2.05, 4.69) is 46.4 Å². The minimum Gasteiger partial charge on any atom is -0.497 e. The van der Waals surface area contributed by atoms with Crippen molar-refractivity contribution in [2.75, 3.05) is 69.3 Å². The van der Waals surface area contributed by atoms with Gasteiger partial charge >= 0.3 is 0 Å². The summed E-state index contributed by atoms with van der Waals surface area (Å²) in [6, 6.07) is 23.0. The Bertz CT molecular complexity index is 2670. The number of aromatic nitrogens is 2. The summed E-state index contributed by atoms with van der Waals surface area (Å²) >= 11 is 15.1. The monoisotopic (exact) mass is 946 g/mol. The summed E-state index contributed by atoms with van der Waals surface area (Å²) in [5.74, 6) is -0.311. The van der Waals surface area contributed by atoms with E-state index in [1.807, 2.05) is 29.6 Å². The largest absolute Gasteiger partial charge is 0.497 e. The predicted molar refractivity (Wildman–Crippen MR) is 239 cm³/mol. The number of sulfonamides is 2. The van der Waals surface area contributed by atoms with Gasteiger partial charge < -0.3 is 14.5 Å². The number of aryl methyl sites for hydroxylation is 1. The Kier molecular flexibility index (Phi) is 14.3. The molecule has 0 unspecified atom stereocenters. The normalized spacial score (nSPS) is 15.4. The molecule has 0 atom stereocenters. The van der Waals surface area contributed by atoms with Crippen LogP contribution in [-0.4, -0.2) is 94.9 Å². The first-order valence-corrected chi connectivity index (χ1v) is 24.6. The van der Waals surface area contributed by atoms with Gasteiger partial charge in [-0.3, -0.25) is 0 Å². The number of halogens is 4. The van der Waals surface area contributed by atoms with E-state index in [4.69, 9.17) is 37.9 Å². The first-order chi connectivity index (χ1) is 29.2. The molecular weight excluding hydrogens is 906 g/mol. The number of methoxy groups -OCH3 is 1. The maximum atomic E-state index is 13.3. The van der Waals surface area contributed by atoms with Crippen molar-refractivity contribution in [3.8, 4) is 5.75 Å². The average Bonchev–Trinajstić information content (AvgIpc) is 3.92. The summed E-state index contributed by atoms with van der Waals surface area (Å²) < 4.78 is 86.1. The smallest absolute Gasteiger partial charge is 0.244 e. The molecular formula is C42H42Cl2F2N6O5S4. The summed E-state index contributed by atoms with van der Waals surface area (Å²) in [7, 11) is -5.90. The Morgan fingerprint density at radius 2 is 1.00 bits per heavy atom. The van der Waals surface area contributed by atoms with Crippen LogP contribution in [-0.2, 0) is 32.9 Å². The van der Waals surface area contributed by atoms with E-state index in [9.17, 15) is 25.6 Å². The summed E-state index contributed by atoms with van der Waals surface area (Å²) in [4.78, 5) is 13.5. The maximum Gasteiger partial charge on any atom is 0.244 e. The first-order valence-electron chi connectivity index (χ1n) is 19.2. The lowest BCUT2D eigenvalue weighted by molar-refractivity contribution is 0.384. The van der Waals surface area contributed by atoms with E-state index in [0.29, 0.717) is 52.4 Å². The second-order valence-corrected chi connectivity index (χ2v) is 20.7. The number of rotatable bonds is 11. The van der Waals surface area contributed by atoms with Crippen molar-refractivity contribution in [2.24, 2.45) is 0 Å². The number of benzene rings is 4. The molecule has 2 aliphatic rings. The van der Waals surface area contributed by atoms with Gasteiger partial charge in [0.15, 0.2) is 10.3 Å². The van der Waals surface area contributed by atoms with Crippen molar-refractivity contribution in [2.45, 2.75) is 29.6 Å². The zero-order valence-corrected chi connectivity index (χ0v) is 38.0. The van der Waals surface area contributed by atoms with Crippen LogP contribution < -0.4 is 14.5 Å². The van der Waals surface area contributed by atoms with Crippen LogP contribution in [0.2, 0.25) is 10.0 Å². The third-order valence-corrected chi connectivity index (χ3v) is 16.8. The minimum absolute atomic E-state index is 0.0614. The van der Waals surface area contributed by atoms with Crippen LogP contribution in [0.3, 0.4) is 0 Å². The van der Waals surface area contributed by atoms with Crippen molar-refractivity contribution >= 4 is 76.2 Å². The van der Waals surface area contributed by atoms with Gasteiger partial charge in [0, 0.05) is 76.0 Å². The topological polar surface area (TPSA) is 116 Å². The molecule has 2 fully saturated rings. The Labute approximate surface area is 372 Å². The summed E-state index contributed by atoms with van der Waals surface area (Å²) in [6.45, 7) is 5.44. The van der Waals surface area contributed by atoms with Gasteiger partial charge in [0.25, 0.3) is 0 Å². The number of piperazine rings is 2. The van der Waals surface area contributed by atoms with Gasteiger partial charge in [-0.2, -0.15) is 8.61 Å². The molecule has 11 nitrogen and oxygen atoms in total. The van der Waals surface area contributed by atoms with Gasteiger partial charge in [-0.1, -0.05) is 65.2 Å². The highest BCUT2D eigenvalue weighted by molar-refractivity contribution is 7.89. The lowest BCUT2D eigenvalue weighted by atomic mass is 10.1. The third-order valence-electron chi connectivity index (χ3n) is 10.2. The number of hydrogen-bond donors (Lipinski definition) is 0. The van der Waals surface area contributed by atoms with E-state index < -0.39 is 31.7 Å². The van der Waals surface area contributed by atoms with Crippen LogP contribution in [0, 0.1) is 18.6 Å². The first kappa shape index (κ1) is 44.8. The van der Waals surface area contributed by atoms with Crippen LogP contribution in [0.5, 0.6) is 5.75 Å². The Balaban J connectivity index is 0.000000184. The molecule has 0 bridgehead atoms. The van der Waals surface area contributed by atoms with Crippen LogP contribution in [0.1, 0.15) is 28.1 Å². The highest BCUT2D eigenvalue weighted by Gasteiger charge is 2.32. The van der Waals surface area contributed by atoms with Gasteiger partial charge in [-0.15, -0.1) is 22.7 Å². The van der Waals surface area contributed by atoms with Crippen molar-refractivity contribution in [3.63, 3.8) is 0 Å². The van der Waals surface area contributed by atoms with Crippen molar-refractivity contribution in [1.29, 1.82) is 0 Å². The second-order valence-electron chi connectivity index (χ2n) is 14.4. The zero-order chi connectivity index (χ0) is 43.3. The third kappa shape index (κ3) is 10.9. The molecule has 0 spiro atoms. The number of ether oxygens (including phenoxy) is 1. The quantitative estimate of drug-likeness (QED) is 0.126. The Morgan fingerprint density at radius 3 is 1.38 bits per heavy atom. The molecule has 2 aromatic heterocycles. The highest BCUT2D eigenvalue weighted by Crippen LogP contribution is 2.31. The van der Waals surface area contributed by atoms with Crippen LogP contribution in [0.25, 0.3) is 0 Å². The molecule has 61 heavy (non-hydrogen) atoms. The van der Waals surface area contributed by atoms with Gasteiger partial charge in [0.2, 0.25) is 20.0 Å². The van der Waals surface area contributed by atoms with Crippen LogP contribution in [0.4, 0.5) is 19.0 Å². The predicted octanol–water partition coefficient (Wildman–Crippen LogP) is 8.39. The summed E-state index contributed by atoms with van der Waals surface area (Å²) in [5.41, 5.74) is 5.56. The number of thiazole rings is 2. The SMILES string of the molecule is COc1ccc(Cc2csc(N3CCN(S(=O)(=O)c4ccc(F)cc4Cl)CC3)n2)cc1.Cc1ccc(Cc2csc(N3CCN(S(=O)(=O)c4ccc(F)cc4Cl)CC3)n2)cc1. The molecule has 0 aliphatic carbocycles. The van der Waals surface area contributed by atoms with E-state index in [1.165, 1.54) is 31.9 Å². The molecule has 0 amide bonds. The molecule has 0 N–H and O–H groups in total. The molecule has 0 radical (unpaired) electrons. The van der Waals surface area contributed by atoms with Crippen molar-refractivity contribution in [3.05, 3.63) is 145 Å². The lowest BCUT2D eigenvalue weighted by Crippen LogP contribution is -2.48. The average molecular weight is 948 g/mol. The fourth-order valence-electron chi connectivity index (χ4n) is 6.80. The second kappa shape index (κ2) is 19.5. The highest BCUT2D eigenvalue weighted by atomic mass is 35.5.